The molecule has 1 unspecified atom stereocenters. The van der Waals surface area contributed by atoms with E-state index < -0.39 is 6.29 Å². The number of fused-ring (bicyclic) bond motifs is 1. The minimum Gasteiger partial charge on any atom is -0.497 e. The Kier molecular flexibility index (Phi) is 3.18. The SMILES string of the molecule is COc1ccc2c(c1)OC(OC1=CC(=O)CCC1)C2=O. The number of hydrogen-bond acceptors (Lipinski definition) is 5. The van der Waals surface area contributed by atoms with Crippen molar-refractivity contribution >= 4 is 11.6 Å². The van der Waals surface area contributed by atoms with Crippen molar-refractivity contribution in [2.24, 2.45) is 0 Å². The fraction of sp³-hybridized carbons (Fsp3) is 0.333. The number of ketones is 2. The number of carbonyl (C=O) groups is 2. The van der Waals surface area contributed by atoms with Gasteiger partial charge in [-0.3, -0.25) is 9.59 Å². The van der Waals surface area contributed by atoms with Gasteiger partial charge in [0.1, 0.15) is 17.3 Å². The predicted octanol–water partition coefficient (Wildman–Crippen LogP) is 2.25. The molecule has 1 heterocycles. The lowest BCUT2D eigenvalue weighted by Gasteiger charge is -2.17. The molecular weight excluding hydrogens is 260 g/mol. The number of benzene rings is 1. The van der Waals surface area contributed by atoms with Crippen LogP contribution in [0.3, 0.4) is 0 Å². The Labute approximate surface area is 116 Å². The fourth-order valence-electron chi connectivity index (χ4n) is 2.30. The second-order valence-corrected chi connectivity index (χ2v) is 4.72. The second-order valence-electron chi connectivity index (χ2n) is 4.72. The number of hydrogen-bond donors (Lipinski definition) is 0. The highest BCUT2D eigenvalue weighted by Gasteiger charge is 2.35. The molecule has 0 saturated carbocycles. The third-order valence-electron chi connectivity index (χ3n) is 3.33. The second kappa shape index (κ2) is 5.00. The molecule has 0 fully saturated rings. The van der Waals surface area contributed by atoms with E-state index in [0.717, 1.165) is 6.42 Å². The molecule has 20 heavy (non-hydrogen) atoms. The van der Waals surface area contributed by atoms with Crippen molar-refractivity contribution in [2.75, 3.05) is 7.11 Å². The van der Waals surface area contributed by atoms with Crippen molar-refractivity contribution < 1.29 is 23.8 Å². The maximum Gasteiger partial charge on any atom is 0.305 e. The monoisotopic (exact) mass is 274 g/mol. The number of ether oxygens (including phenoxy) is 3. The molecule has 0 aromatic heterocycles. The van der Waals surface area contributed by atoms with E-state index in [4.69, 9.17) is 14.2 Å². The Morgan fingerprint density at radius 1 is 1.25 bits per heavy atom. The number of rotatable bonds is 3. The van der Waals surface area contributed by atoms with Crippen LogP contribution in [0, 0.1) is 0 Å². The van der Waals surface area contributed by atoms with Gasteiger partial charge in [-0.25, -0.2) is 0 Å². The van der Waals surface area contributed by atoms with E-state index in [9.17, 15) is 9.59 Å². The van der Waals surface area contributed by atoms with Crippen LogP contribution in [-0.4, -0.2) is 25.0 Å². The van der Waals surface area contributed by atoms with Crippen LogP contribution < -0.4 is 9.47 Å². The van der Waals surface area contributed by atoms with Crippen LogP contribution in [0.4, 0.5) is 0 Å². The summed E-state index contributed by atoms with van der Waals surface area (Å²) in [7, 11) is 1.55. The number of allylic oxidation sites excluding steroid dienone is 2. The molecule has 1 aliphatic heterocycles. The Balaban J connectivity index is 1.78. The van der Waals surface area contributed by atoms with Crippen molar-refractivity contribution in [3.63, 3.8) is 0 Å². The zero-order valence-corrected chi connectivity index (χ0v) is 11.0. The molecule has 1 aromatic carbocycles. The molecule has 0 radical (unpaired) electrons. The Morgan fingerprint density at radius 3 is 2.85 bits per heavy atom. The van der Waals surface area contributed by atoms with Gasteiger partial charge in [0.2, 0.25) is 5.78 Å². The number of methoxy groups -OCH3 is 1. The van der Waals surface area contributed by atoms with Gasteiger partial charge in [-0.2, -0.15) is 0 Å². The first-order chi connectivity index (χ1) is 9.67. The van der Waals surface area contributed by atoms with Gasteiger partial charge in [-0.15, -0.1) is 0 Å². The van der Waals surface area contributed by atoms with Crippen LogP contribution in [0.5, 0.6) is 11.5 Å². The van der Waals surface area contributed by atoms with E-state index in [1.54, 1.807) is 25.3 Å². The lowest BCUT2D eigenvalue weighted by molar-refractivity contribution is -0.115. The third kappa shape index (κ3) is 2.27. The van der Waals surface area contributed by atoms with Crippen molar-refractivity contribution in [2.45, 2.75) is 25.6 Å². The van der Waals surface area contributed by atoms with Crippen LogP contribution in [0.1, 0.15) is 29.6 Å². The van der Waals surface area contributed by atoms with Crippen molar-refractivity contribution in [3.05, 3.63) is 35.6 Å². The summed E-state index contributed by atoms with van der Waals surface area (Å²) in [6.07, 6.45) is 2.37. The van der Waals surface area contributed by atoms with E-state index >= 15 is 0 Å². The standard InChI is InChI=1S/C15H14O5/c1-18-10-5-6-12-13(8-10)20-15(14(12)17)19-11-4-2-3-9(16)7-11/h5-8,15H,2-4H2,1H3. The van der Waals surface area contributed by atoms with Gasteiger partial charge in [0.05, 0.1) is 12.7 Å². The molecule has 2 aliphatic rings. The summed E-state index contributed by atoms with van der Waals surface area (Å²) in [5.74, 6) is 1.36. The molecule has 3 rings (SSSR count). The quantitative estimate of drug-likeness (QED) is 0.846. The molecular formula is C15H14O5. The van der Waals surface area contributed by atoms with Crippen molar-refractivity contribution in [1.82, 2.24) is 0 Å². The number of carbonyl (C=O) groups excluding carboxylic acids is 2. The maximum absolute atomic E-state index is 12.1. The highest BCUT2D eigenvalue weighted by molar-refractivity contribution is 6.04. The van der Waals surface area contributed by atoms with E-state index in [1.807, 2.05) is 0 Å². The highest BCUT2D eigenvalue weighted by Crippen LogP contribution is 2.34. The van der Waals surface area contributed by atoms with Crippen LogP contribution in [0.15, 0.2) is 30.0 Å². The normalized spacial score (nSPS) is 21.1. The van der Waals surface area contributed by atoms with E-state index in [-0.39, 0.29) is 11.6 Å². The van der Waals surface area contributed by atoms with Crippen LogP contribution in [0.25, 0.3) is 0 Å². The van der Waals surface area contributed by atoms with Gasteiger partial charge in [0.15, 0.2) is 5.78 Å². The van der Waals surface area contributed by atoms with Gasteiger partial charge in [0, 0.05) is 25.0 Å². The molecule has 1 atom stereocenters. The summed E-state index contributed by atoms with van der Waals surface area (Å²) >= 11 is 0. The molecule has 5 heteroatoms. The lowest BCUT2D eigenvalue weighted by atomic mass is 10.1. The topological polar surface area (TPSA) is 61.8 Å². The molecule has 104 valence electrons. The lowest BCUT2D eigenvalue weighted by Crippen LogP contribution is -2.25. The molecule has 5 nitrogen and oxygen atoms in total. The van der Waals surface area contributed by atoms with Crippen LogP contribution in [0.2, 0.25) is 0 Å². The summed E-state index contributed by atoms with van der Waals surface area (Å²) in [6.45, 7) is 0. The Morgan fingerprint density at radius 2 is 2.10 bits per heavy atom. The zero-order valence-electron chi connectivity index (χ0n) is 11.0. The predicted molar refractivity (Wildman–Crippen MR) is 69.8 cm³/mol. The van der Waals surface area contributed by atoms with E-state index in [1.165, 1.54) is 6.08 Å². The smallest absolute Gasteiger partial charge is 0.305 e. The number of Topliss-reactive ketones (excluding diaryl/α,β-unsaturated/α-hetero) is 1. The molecule has 0 bridgehead atoms. The molecule has 0 amide bonds. The molecule has 0 spiro atoms. The highest BCUT2D eigenvalue weighted by atomic mass is 16.7. The first-order valence-corrected chi connectivity index (χ1v) is 6.46. The third-order valence-corrected chi connectivity index (χ3v) is 3.33. The molecule has 1 aliphatic carbocycles. The summed E-state index contributed by atoms with van der Waals surface area (Å²) in [5.41, 5.74) is 0.471. The Hall–Kier alpha value is -2.30. The fourth-order valence-corrected chi connectivity index (χ4v) is 2.30. The average Bonchev–Trinajstić information content (AvgIpc) is 2.75. The van der Waals surface area contributed by atoms with Gasteiger partial charge >= 0.3 is 6.29 Å². The summed E-state index contributed by atoms with van der Waals surface area (Å²) in [4.78, 5) is 23.5. The average molecular weight is 274 g/mol. The largest absolute Gasteiger partial charge is 0.497 e. The first kappa shape index (κ1) is 12.7. The van der Waals surface area contributed by atoms with Gasteiger partial charge in [-0.05, 0) is 18.6 Å². The van der Waals surface area contributed by atoms with Gasteiger partial charge in [-0.1, -0.05) is 0 Å². The van der Waals surface area contributed by atoms with Gasteiger partial charge in [0.25, 0.3) is 0 Å². The minimum absolute atomic E-state index is 0.0240. The van der Waals surface area contributed by atoms with Gasteiger partial charge < -0.3 is 14.2 Å². The molecule has 0 N–H and O–H groups in total. The first-order valence-electron chi connectivity index (χ1n) is 6.46. The van der Waals surface area contributed by atoms with Crippen molar-refractivity contribution in [3.8, 4) is 11.5 Å². The summed E-state index contributed by atoms with van der Waals surface area (Å²) in [5, 5.41) is 0. The van der Waals surface area contributed by atoms with E-state index in [2.05, 4.69) is 0 Å². The van der Waals surface area contributed by atoms with E-state index in [0.29, 0.717) is 35.7 Å². The van der Waals surface area contributed by atoms with Crippen molar-refractivity contribution in [1.29, 1.82) is 0 Å². The summed E-state index contributed by atoms with van der Waals surface area (Å²) < 4.78 is 16.1. The minimum atomic E-state index is -1.01. The van der Waals surface area contributed by atoms with Crippen LogP contribution >= 0.6 is 0 Å². The Bertz CT molecular complexity index is 602. The molecule has 0 saturated heterocycles. The van der Waals surface area contributed by atoms with Crippen LogP contribution in [-0.2, 0) is 9.53 Å². The summed E-state index contributed by atoms with van der Waals surface area (Å²) in [6, 6.07) is 5.00. The zero-order chi connectivity index (χ0) is 14.1. The molecule has 1 aromatic rings. The maximum atomic E-state index is 12.1.